The first kappa shape index (κ1) is 13.2. The highest BCUT2D eigenvalue weighted by atomic mass is 32.2. The van der Waals surface area contributed by atoms with Gasteiger partial charge < -0.3 is 5.32 Å². The van der Waals surface area contributed by atoms with E-state index in [1.807, 2.05) is 6.07 Å². The zero-order chi connectivity index (χ0) is 14.1. The third kappa shape index (κ3) is 2.70. The molecule has 1 aromatic rings. The van der Waals surface area contributed by atoms with E-state index in [-0.39, 0.29) is 29.5 Å². The van der Waals surface area contributed by atoms with Crippen LogP contribution < -0.4 is 10.2 Å². The number of hydrogen-bond donors (Lipinski definition) is 1. The number of rotatable bonds is 4. The highest BCUT2D eigenvalue weighted by Gasteiger charge is 2.41. The Balaban J connectivity index is 1.68. The molecule has 1 unspecified atom stereocenters. The van der Waals surface area contributed by atoms with Crippen molar-refractivity contribution in [3.8, 4) is 0 Å². The minimum Gasteiger partial charge on any atom is -0.353 e. The van der Waals surface area contributed by atoms with Crippen molar-refractivity contribution in [1.29, 1.82) is 0 Å². The molecule has 1 aliphatic carbocycles. The maximum absolute atomic E-state index is 12.3. The zero-order valence-corrected chi connectivity index (χ0v) is 11.6. The van der Waals surface area contributed by atoms with Crippen LogP contribution in [0.25, 0.3) is 0 Å². The Morgan fingerprint density at radius 3 is 2.60 bits per heavy atom. The molecule has 1 saturated heterocycles. The van der Waals surface area contributed by atoms with Crippen molar-refractivity contribution >= 4 is 34.5 Å². The van der Waals surface area contributed by atoms with Crippen LogP contribution in [-0.2, 0) is 9.59 Å². The number of anilines is 1. The fraction of sp³-hybridized carbons (Fsp3) is 0.357. The van der Waals surface area contributed by atoms with Crippen molar-refractivity contribution in [3.63, 3.8) is 0 Å². The van der Waals surface area contributed by atoms with Gasteiger partial charge in [0.25, 0.3) is 5.24 Å². The highest BCUT2D eigenvalue weighted by Crippen LogP contribution is 2.33. The van der Waals surface area contributed by atoms with Gasteiger partial charge in [-0.2, -0.15) is 0 Å². The maximum Gasteiger partial charge on any atom is 0.293 e. The fourth-order valence-corrected chi connectivity index (χ4v) is 3.07. The van der Waals surface area contributed by atoms with Crippen LogP contribution in [0, 0.1) is 0 Å². The molecule has 1 N–H and O–H groups in total. The summed E-state index contributed by atoms with van der Waals surface area (Å²) >= 11 is 0.929. The van der Waals surface area contributed by atoms with Crippen LogP contribution in [0.4, 0.5) is 10.5 Å². The van der Waals surface area contributed by atoms with Crippen molar-refractivity contribution in [2.75, 3.05) is 4.90 Å². The predicted molar refractivity (Wildman–Crippen MR) is 76.5 cm³/mol. The Morgan fingerprint density at radius 2 is 1.95 bits per heavy atom. The summed E-state index contributed by atoms with van der Waals surface area (Å²) in [7, 11) is 0. The average Bonchev–Trinajstić information content (AvgIpc) is 3.18. The SMILES string of the molecule is O=C(CC1SC(=O)N(c2ccccc2)C1=O)NC1CC1. The van der Waals surface area contributed by atoms with E-state index >= 15 is 0 Å². The molecule has 3 rings (SSSR count). The Bertz CT molecular complexity index is 557. The standard InChI is InChI=1S/C14H14N2O3S/c17-12(15-9-6-7-9)8-11-13(18)16(14(19)20-11)10-4-2-1-3-5-10/h1-5,9,11H,6-8H2,(H,15,17). The number of para-hydroxylation sites is 1. The predicted octanol–water partition coefficient (Wildman–Crippen LogP) is 1.92. The van der Waals surface area contributed by atoms with Crippen LogP contribution in [0.1, 0.15) is 19.3 Å². The lowest BCUT2D eigenvalue weighted by atomic mass is 10.2. The van der Waals surface area contributed by atoms with E-state index in [4.69, 9.17) is 0 Å². The second kappa shape index (κ2) is 5.28. The van der Waals surface area contributed by atoms with Gasteiger partial charge in [-0.1, -0.05) is 18.2 Å². The molecule has 20 heavy (non-hydrogen) atoms. The first-order chi connectivity index (χ1) is 9.65. The molecule has 0 bridgehead atoms. The summed E-state index contributed by atoms with van der Waals surface area (Å²) in [6.07, 6.45) is 2.08. The van der Waals surface area contributed by atoms with Gasteiger partial charge in [-0.25, -0.2) is 4.90 Å². The molecule has 6 heteroatoms. The zero-order valence-electron chi connectivity index (χ0n) is 10.7. The normalized spacial score (nSPS) is 22.2. The molecular weight excluding hydrogens is 276 g/mol. The Labute approximate surface area is 120 Å². The average molecular weight is 290 g/mol. The molecule has 1 aliphatic heterocycles. The summed E-state index contributed by atoms with van der Waals surface area (Å²) in [6.45, 7) is 0. The van der Waals surface area contributed by atoms with Gasteiger partial charge in [0, 0.05) is 12.5 Å². The van der Waals surface area contributed by atoms with Crippen LogP contribution >= 0.6 is 11.8 Å². The van der Waals surface area contributed by atoms with Gasteiger partial charge in [0.05, 0.1) is 5.69 Å². The third-order valence-electron chi connectivity index (χ3n) is 3.25. The van der Waals surface area contributed by atoms with Crippen molar-refractivity contribution in [2.24, 2.45) is 0 Å². The Kier molecular flexibility index (Phi) is 3.48. The van der Waals surface area contributed by atoms with E-state index in [9.17, 15) is 14.4 Å². The second-order valence-electron chi connectivity index (χ2n) is 4.93. The van der Waals surface area contributed by atoms with Crippen LogP contribution in [0.3, 0.4) is 0 Å². The van der Waals surface area contributed by atoms with Gasteiger partial charge in [-0.15, -0.1) is 0 Å². The summed E-state index contributed by atoms with van der Waals surface area (Å²) in [4.78, 5) is 37.1. The number of thioether (sulfide) groups is 1. The minimum atomic E-state index is -0.610. The summed E-state index contributed by atoms with van der Waals surface area (Å²) in [6, 6.07) is 9.06. The summed E-state index contributed by atoms with van der Waals surface area (Å²) in [5, 5.41) is 1.91. The molecule has 3 amide bonds. The third-order valence-corrected chi connectivity index (χ3v) is 4.29. The quantitative estimate of drug-likeness (QED) is 0.920. The van der Waals surface area contributed by atoms with Crippen LogP contribution in [-0.4, -0.2) is 28.3 Å². The number of amides is 3. The van der Waals surface area contributed by atoms with E-state index < -0.39 is 5.25 Å². The van der Waals surface area contributed by atoms with Gasteiger partial charge in [0.2, 0.25) is 11.8 Å². The molecule has 104 valence electrons. The minimum absolute atomic E-state index is 0.0646. The van der Waals surface area contributed by atoms with Crippen molar-refractivity contribution in [3.05, 3.63) is 30.3 Å². The molecule has 5 nitrogen and oxygen atoms in total. The van der Waals surface area contributed by atoms with Crippen molar-refractivity contribution in [1.82, 2.24) is 5.32 Å². The van der Waals surface area contributed by atoms with E-state index in [0.29, 0.717) is 5.69 Å². The molecule has 2 fully saturated rings. The van der Waals surface area contributed by atoms with Crippen LogP contribution in [0.5, 0.6) is 0 Å². The van der Waals surface area contributed by atoms with Crippen molar-refractivity contribution in [2.45, 2.75) is 30.6 Å². The number of benzene rings is 1. The molecule has 0 radical (unpaired) electrons. The second-order valence-corrected chi connectivity index (χ2v) is 6.08. The number of hydrogen-bond acceptors (Lipinski definition) is 4. The lowest BCUT2D eigenvalue weighted by Gasteiger charge is -2.13. The number of nitrogens with one attached hydrogen (secondary N) is 1. The first-order valence-corrected chi connectivity index (χ1v) is 7.42. The number of nitrogens with zero attached hydrogens (tertiary/aromatic N) is 1. The van der Waals surface area contributed by atoms with Crippen LogP contribution in [0.2, 0.25) is 0 Å². The summed E-state index contributed by atoms with van der Waals surface area (Å²) in [5.41, 5.74) is 0.556. The van der Waals surface area contributed by atoms with Crippen LogP contribution in [0.15, 0.2) is 30.3 Å². The molecule has 1 heterocycles. The Morgan fingerprint density at radius 1 is 1.25 bits per heavy atom. The van der Waals surface area contributed by atoms with Gasteiger partial charge in [0.15, 0.2) is 0 Å². The van der Waals surface area contributed by atoms with Gasteiger partial charge in [-0.3, -0.25) is 14.4 Å². The number of imide groups is 1. The first-order valence-electron chi connectivity index (χ1n) is 6.54. The smallest absolute Gasteiger partial charge is 0.293 e. The van der Waals surface area contributed by atoms with Crippen molar-refractivity contribution < 1.29 is 14.4 Å². The van der Waals surface area contributed by atoms with Gasteiger partial charge in [0.1, 0.15) is 5.25 Å². The van der Waals surface area contributed by atoms with Gasteiger partial charge in [-0.05, 0) is 36.7 Å². The Hall–Kier alpha value is -1.82. The fourth-order valence-electron chi connectivity index (χ4n) is 2.08. The summed E-state index contributed by atoms with van der Waals surface area (Å²) < 4.78 is 0. The molecular formula is C14H14N2O3S. The van der Waals surface area contributed by atoms with E-state index in [2.05, 4.69) is 5.32 Å². The highest BCUT2D eigenvalue weighted by molar-refractivity contribution is 8.15. The molecule has 1 saturated carbocycles. The molecule has 1 atom stereocenters. The van der Waals surface area contributed by atoms with E-state index in [1.165, 1.54) is 0 Å². The van der Waals surface area contributed by atoms with E-state index in [1.54, 1.807) is 24.3 Å². The topological polar surface area (TPSA) is 66.5 Å². The monoisotopic (exact) mass is 290 g/mol. The number of carbonyl (C=O) groups excluding carboxylic acids is 3. The molecule has 2 aliphatic rings. The number of carbonyl (C=O) groups is 3. The van der Waals surface area contributed by atoms with E-state index in [0.717, 1.165) is 29.5 Å². The summed E-state index contributed by atoms with van der Waals surface area (Å²) in [5.74, 6) is -0.460. The molecule has 0 spiro atoms. The molecule has 1 aromatic carbocycles. The van der Waals surface area contributed by atoms with Gasteiger partial charge >= 0.3 is 0 Å². The maximum atomic E-state index is 12.3. The lowest BCUT2D eigenvalue weighted by molar-refractivity contribution is -0.124. The lowest BCUT2D eigenvalue weighted by Crippen LogP contribution is -2.34. The molecule has 0 aromatic heterocycles. The largest absolute Gasteiger partial charge is 0.353 e.